The lowest BCUT2D eigenvalue weighted by atomic mass is 9.80. The number of likely N-dealkylation sites (tertiary alicyclic amines) is 1. The Morgan fingerprint density at radius 1 is 1.10 bits per heavy atom. The Morgan fingerprint density at radius 3 is 2.63 bits per heavy atom. The molecular formula is C24H31N3O3. The lowest BCUT2D eigenvalue weighted by Crippen LogP contribution is -2.52. The summed E-state index contributed by atoms with van der Waals surface area (Å²) in [7, 11) is 1.74. The van der Waals surface area contributed by atoms with Crippen molar-refractivity contribution in [3.8, 4) is 11.1 Å². The van der Waals surface area contributed by atoms with Gasteiger partial charge in [-0.15, -0.1) is 0 Å². The van der Waals surface area contributed by atoms with Gasteiger partial charge in [0.25, 0.3) is 5.91 Å². The Labute approximate surface area is 178 Å². The molecule has 1 unspecified atom stereocenters. The Balaban J connectivity index is 1.45. The normalized spacial score (nSPS) is 22.8. The van der Waals surface area contributed by atoms with Gasteiger partial charge in [0.1, 0.15) is 0 Å². The number of ether oxygens (including phenoxy) is 2. The van der Waals surface area contributed by atoms with Crippen LogP contribution >= 0.6 is 0 Å². The molecule has 0 bridgehead atoms. The lowest BCUT2D eigenvalue weighted by Gasteiger charge is -2.43. The lowest BCUT2D eigenvalue weighted by molar-refractivity contribution is 0.00620. The second-order valence-corrected chi connectivity index (χ2v) is 8.47. The number of hydrogen-bond acceptors (Lipinski definition) is 5. The van der Waals surface area contributed by atoms with Crippen molar-refractivity contribution in [2.45, 2.75) is 12.8 Å². The van der Waals surface area contributed by atoms with Crippen LogP contribution in [-0.2, 0) is 9.47 Å². The van der Waals surface area contributed by atoms with Crippen LogP contribution in [0.4, 0.5) is 0 Å². The number of carbonyl (C=O) groups is 1. The molecule has 0 saturated carbocycles. The van der Waals surface area contributed by atoms with Crippen molar-refractivity contribution in [3.63, 3.8) is 0 Å². The maximum Gasteiger partial charge on any atom is 0.253 e. The number of aromatic nitrogens is 1. The molecule has 30 heavy (non-hydrogen) atoms. The van der Waals surface area contributed by atoms with Gasteiger partial charge in [-0.05, 0) is 48.2 Å². The van der Waals surface area contributed by atoms with Crippen LogP contribution in [0.3, 0.4) is 0 Å². The van der Waals surface area contributed by atoms with Crippen molar-refractivity contribution in [1.82, 2.24) is 14.8 Å². The monoisotopic (exact) mass is 409 g/mol. The van der Waals surface area contributed by atoms with E-state index in [0.717, 1.165) is 82.1 Å². The zero-order chi connectivity index (χ0) is 20.8. The summed E-state index contributed by atoms with van der Waals surface area (Å²) in [5.41, 5.74) is 2.95. The van der Waals surface area contributed by atoms with Crippen LogP contribution < -0.4 is 0 Å². The molecule has 6 nitrogen and oxygen atoms in total. The summed E-state index contributed by atoms with van der Waals surface area (Å²) in [5.74, 6) is 0.114. The van der Waals surface area contributed by atoms with Gasteiger partial charge in [0.05, 0.1) is 19.8 Å². The average Bonchev–Trinajstić information content (AvgIpc) is 2.99. The summed E-state index contributed by atoms with van der Waals surface area (Å²) in [6, 6.07) is 11.9. The summed E-state index contributed by atoms with van der Waals surface area (Å²) in [4.78, 5) is 21.8. The van der Waals surface area contributed by atoms with Crippen molar-refractivity contribution < 1.29 is 14.3 Å². The fourth-order valence-corrected chi connectivity index (χ4v) is 4.65. The van der Waals surface area contributed by atoms with Gasteiger partial charge in [-0.3, -0.25) is 14.7 Å². The van der Waals surface area contributed by atoms with Gasteiger partial charge in [0.2, 0.25) is 0 Å². The van der Waals surface area contributed by atoms with Gasteiger partial charge >= 0.3 is 0 Å². The molecule has 6 heteroatoms. The summed E-state index contributed by atoms with van der Waals surface area (Å²) in [6.07, 6.45) is 5.68. The molecule has 2 saturated heterocycles. The SMILES string of the molecule is COCCN1CCOCC2(CCCN(C(=O)c3ccc(-c4ccncc4)cc3)C2)C1. The maximum absolute atomic E-state index is 13.3. The molecule has 2 aromatic rings. The van der Waals surface area contributed by atoms with E-state index in [4.69, 9.17) is 9.47 Å². The van der Waals surface area contributed by atoms with E-state index in [1.54, 1.807) is 19.5 Å². The molecule has 1 aromatic carbocycles. The number of carbonyl (C=O) groups excluding carboxylic acids is 1. The van der Waals surface area contributed by atoms with Gasteiger partial charge < -0.3 is 14.4 Å². The van der Waals surface area contributed by atoms with Crippen LogP contribution in [0.25, 0.3) is 11.1 Å². The third-order valence-electron chi connectivity index (χ3n) is 6.22. The molecule has 1 atom stereocenters. The van der Waals surface area contributed by atoms with E-state index in [1.807, 2.05) is 41.3 Å². The third-order valence-corrected chi connectivity index (χ3v) is 6.22. The zero-order valence-corrected chi connectivity index (χ0v) is 17.8. The molecule has 1 aromatic heterocycles. The highest BCUT2D eigenvalue weighted by atomic mass is 16.5. The number of piperidine rings is 1. The molecule has 160 valence electrons. The van der Waals surface area contributed by atoms with Gasteiger partial charge in [-0.2, -0.15) is 0 Å². The van der Waals surface area contributed by atoms with E-state index >= 15 is 0 Å². The smallest absolute Gasteiger partial charge is 0.253 e. The van der Waals surface area contributed by atoms with Crippen LogP contribution in [0.15, 0.2) is 48.8 Å². The standard InChI is InChI=1S/C24H31N3O3/c1-29-15-13-26-14-16-30-19-24(17-26)9-2-12-27(18-24)23(28)22-5-3-20(4-6-22)21-7-10-25-11-8-21/h3-8,10-11H,2,9,12-19H2,1H3. The molecule has 2 aliphatic heterocycles. The topological polar surface area (TPSA) is 54.9 Å². The van der Waals surface area contributed by atoms with Gasteiger partial charge in [-0.1, -0.05) is 12.1 Å². The molecule has 1 amide bonds. The van der Waals surface area contributed by atoms with Crippen molar-refractivity contribution >= 4 is 5.91 Å². The first-order valence-electron chi connectivity index (χ1n) is 10.8. The number of rotatable bonds is 5. The number of methoxy groups -OCH3 is 1. The Kier molecular flexibility index (Phi) is 6.77. The molecule has 3 heterocycles. The minimum absolute atomic E-state index is 0.00906. The zero-order valence-electron chi connectivity index (χ0n) is 17.8. The van der Waals surface area contributed by atoms with Crippen LogP contribution in [-0.4, -0.2) is 80.3 Å². The molecule has 2 fully saturated rings. The van der Waals surface area contributed by atoms with E-state index < -0.39 is 0 Å². The number of amides is 1. The molecular weight excluding hydrogens is 378 g/mol. The summed E-state index contributed by atoms with van der Waals surface area (Å²) < 4.78 is 11.2. The van der Waals surface area contributed by atoms with Crippen molar-refractivity contribution in [3.05, 3.63) is 54.4 Å². The highest BCUT2D eigenvalue weighted by molar-refractivity contribution is 5.94. The van der Waals surface area contributed by atoms with Crippen molar-refractivity contribution in [2.24, 2.45) is 5.41 Å². The number of benzene rings is 1. The largest absolute Gasteiger partial charge is 0.383 e. The fourth-order valence-electron chi connectivity index (χ4n) is 4.65. The van der Waals surface area contributed by atoms with Crippen LogP contribution in [0.5, 0.6) is 0 Å². The van der Waals surface area contributed by atoms with Crippen LogP contribution in [0.1, 0.15) is 23.2 Å². The van der Waals surface area contributed by atoms with E-state index in [9.17, 15) is 4.79 Å². The molecule has 0 N–H and O–H groups in total. The second kappa shape index (κ2) is 9.69. The molecule has 1 spiro atoms. The average molecular weight is 410 g/mol. The molecule has 2 aliphatic rings. The second-order valence-electron chi connectivity index (χ2n) is 8.47. The van der Waals surface area contributed by atoms with Gasteiger partial charge in [0, 0.05) is 63.2 Å². The predicted octanol–water partition coefficient (Wildman–Crippen LogP) is 2.95. The van der Waals surface area contributed by atoms with Gasteiger partial charge in [0.15, 0.2) is 0 Å². The first-order chi connectivity index (χ1) is 14.7. The molecule has 0 radical (unpaired) electrons. The van der Waals surface area contributed by atoms with E-state index in [-0.39, 0.29) is 11.3 Å². The Morgan fingerprint density at radius 2 is 1.87 bits per heavy atom. The highest BCUT2D eigenvalue weighted by Gasteiger charge is 2.40. The summed E-state index contributed by atoms with van der Waals surface area (Å²) in [6.45, 7) is 6.55. The Hall–Kier alpha value is -2.28. The van der Waals surface area contributed by atoms with Crippen molar-refractivity contribution in [1.29, 1.82) is 0 Å². The van der Waals surface area contributed by atoms with Crippen LogP contribution in [0, 0.1) is 5.41 Å². The summed E-state index contributed by atoms with van der Waals surface area (Å²) >= 11 is 0. The number of hydrogen-bond donors (Lipinski definition) is 0. The number of nitrogens with zero attached hydrogens (tertiary/aromatic N) is 3. The van der Waals surface area contributed by atoms with E-state index in [1.165, 1.54) is 0 Å². The quantitative estimate of drug-likeness (QED) is 0.760. The highest BCUT2D eigenvalue weighted by Crippen LogP contribution is 2.33. The fraction of sp³-hybridized carbons (Fsp3) is 0.500. The van der Waals surface area contributed by atoms with E-state index in [2.05, 4.69) is 9.88 Å². The maximum atomic E-state index is 13.3. The summed E-state index contributed by atoms with van der Waals surface area (Å²) in [5, 5.41) is 0. The minimum Gasteiger partial charge on any atom is -0.383 e. The number of pyridine rings is 1. The van der Waals surface area contributed by atoms with Gasteiger partial charge in [-0.25, -0.2) is 0 Å². The van der Waals surface area contributed by atoms with E-state index in [0.29, 0.717) is 0 Å². The first-order valence-corrected chi connectivity index (χ1v) is 10.8. The minimum atomic E-state index is 0.00906. The molecule has 0 aliphatic carbocycles. The first kappa shape index (κ1) is 21.0. The van der Waals surface area contributed by atoms with Crippen LogP contribution in [0.2, 0.25) is 0 Å². The third kappa shape index (κ3) is 4.89. The molecule has 4 rings (SSSR count). The predicted molar refractivity (Wildman–Crippen MR) is 116 cm³/mol. The van der Waals surface area contributed by atoms with Crippen molar-refractivity contribution in [2.75, 3.05) is 59.7 Å². The Bertz CT molecular complexity index is 827.